The molecule has 1 saturated carbocycles. The summed E-state index contributed by atoms with van der Waals surface area (Å²) in [5, 5.41) is 2.28. The number of benzene rings is 3. The molecule has 3 aromatic rings. The highest BCUT2D eigenvalue weighted by atomic mass is 16.5. The molecular formula is C25H22O3. The molecule has 3 nitrogen and oxygen atoms in total. The number of Topliss-reactive ketones (excluding diaryl/α,β-unsaturated/α-hetero) is 1. The number of ether oxygens (including phenoxy) is 1. The maximum absolute atomic E-state index is 12.4. The van der Waals surface area contributed by atoms with Crippen molar-refractivity contribution in [2.75, 3.05) is 0 Å². The average Bonchev–Trinajstić information content (AvgIpc) is 3.03. The third-order valence-corrected chi connectivity index (χ3v) is 6.70. The first-order valence-electron chi connectivity index (χ1n) is 9.92. The van der Waals surface area contributed by atoms with Gasteiger partial charge in [0.05, 0.1) is 5.56 Å². The van der Waals surface area contributed by atoms with E-state index in [2.05, 4.69) is 25.1 Å². The van der Waals surface area contributed by atoms with Gasteiger partial charge in [-0.25, -0.2) is 4.79 Å². The van der Waals surface area contributed by atoms with Crippen LogP contribution in [-0.2, 0) is 11.2 Å². The molecule has 2 aliphatic carbocycles. The van der Waals surface area contributed by atoms with Gasteiger partial charge in [0.2, 0.25) is 0 Å². The van der Waals surface area contributed by atoms with Crippen molar-refractivity contribution in [1.29, 1.82) is 0 Å². The molecule has 2 atom stereocenters. The van der Waals surface area contributed by atoms with Gasteiger partial charge in [0.15, 0.2) is 0 Å². The van der Waals surface area contributed by atoms with Crippen molar-refractivity contribution < 1.29 is 14.3 Å². The lowest BCUT2D eigenvalue weighted by molar-refractivity contribution is -0.126. The van der Waals surface area contributed by atoms with Gasteiger partial charge in [0, 0.05) is 11.8 Å². The van der Waals surface area contributed by atoms with Crippen LogP contribution in [0, 0.1) is 5.41 Å². The Hall–Kier alpha value is -2.94. The van der Waals surface area contributed by atoms with Crippen LogP contribution in [0.25, 0.3) is 10.8 Å². The van der Waals surface area contributed by atoms with Crippen molar-refractivity contribution in [3.05, 3.63) is 77.4 Å². The van der Waals surface area contributed by atoms with Crippen LogP contribution in [0.5, 0.6) is 5.75 Å². The molecule has 0 radical (unpaired) electrons. The quantitative estimate of drug-likeness (QED) is 0.444. The SMILES string of the molecule is C[C@]12CCc3c(ccc4cc(OC(=O)c5ccccc5)ccc34)[C@@H]1CCC2=O. The second-order valence-electron chi connectivity index (χ2n) is 8.20. The van der Waals surface area contributed by atoms with Crippen molar-refractivity contribution in [1.82, 2.24) is 0 Å². The smallest absolute Gasteiger partial charge is 0.343 e. The Morgan fingerprint density at radius 1 is 1.04 bits per heavy atom. The van der Waals surface area contributed by atoms with E-state index in [-0.39, 0.29) is 11.4 Å². The lowest BCUT2D eigenvalue weighted by Crippen LogP contribution is -2.32. The van der Waals surface area contributed by atoms with E-state index in [0.717, 1.165) is 24.6 Å². The number of esters is 1. The van der Waals surface area contributed by atoms with Crippen LogP contribution in [0.4, 0.5) is 0 Å². The summed E-state index contributed by atoms with van der Waals surface area (Å²) >= 11 is 0. The number of carbonyl (C=O) groups is 2. The van der Waals surface area contributed by atoms with E-state index in [0.29, 0.717) is 29.4 Å². The molecule has 28 heavy (non-hydrogen) atoms. The van der Waals surface area contributed by atoms with Gasteiger partial charge in [-0.1, -0.05) is 43.3 Å². The van der Waals surface area contributed by atoms with Crippen molar-refractivity contribution in [2.24, 2.45) is 5.41 Å². The zero-order chi connectivity index (χ0) is 19.3. The van der Waals surface area contributed by atoms with E-state index >= 15 is 0 Å². The highest BCUT2D eigenvalue weighted by Gasteiger charge is 2.49. The van der Waals surface area contributed by atoms with Gasteiger partial charge in [-0.2, -0.15) is 0 Å². The monoisotopic (exact) mass is 370 g/mol. The molecule has 0 N–H and O–H groups in total. The van der Waals surface area contributed by atoms with Gasteiger partial charge in [-0.3, -0.25) is 4.79 Å². The Morgan fingerprint density at radius 2 is 1.86 bits per heavy atom. The fourth-order valence-corrected chi connectivity index (χ4v) is 5.07. The highest BCUT2D eigenvalue weighted by molar-refractivity contribution is 5.94. The van der Waals surface area contributed by atoms with E-state index < -0.39 is 0 Å². The molecule has 0 bridgehead atoms. The van der Waals surface area contributed by atoms with E-state index in [1.165, 1.54) is 16.5 Å². The zero-order valence-electron chi connectivity index (χ0n) is 15.9. The Labute approximate surface area is 164 Å². The van der Waals surface area contributed by atoms with E-state index in [1.54, 1.807) is 12.1 Å². The molecule has 3 heteroatoms. The first-order valence-corrected chi connectivity index (χ1v) is 9.92. The molecule has 0 aliphatic heterocycles. The molecule has 5 rings (SSSR count). The van der Waals surface area contributed by atoms with E-state index in [4.69, 9.17) is 4.74 Å². The minimum atomic E-state index is -0.349. The third-order valence-electron chi connectivity index (χ3n) is 6.70. The maximum atomic E-state index is 12.4. The topological polar surface area (TPSA) is 43.4 Å². The zero-order valence-corrected chi connectivity index (χ0v) is 15.9. The number of carbonyl (C=O) groups excluding carboxylic acids is 2. The number of rotatable bonds is 2. The largest absolute Gasteiger partial charge is 0.423 e. The Bertz CT molecular complexity index is 1100. The number of fused-ring (bicyclic) bond motifs is 5. The van der Waals surface area contributed by atoms with E-state index in [1.807, 2.05) is 30.3 Å². The van der Waals surface area contributed by atoms with Crippen molar-refractivity contribution in [3.63, 3.8) is 0 Å². The normalized spacial score (nSPS) is 23.3. The van der Waals surface area contributed by atoms with Gasteiger partial charge >= 0.3 is 5.97 Å². The lowest BCUT2D eigenvalue weighted by atomic mass is 9.66. The first-order chi connectivity index (χ1) is 13.6. The Morgan fingerprint density at radius 3 is 2.68 bits per heavy atom. The fraction of sp³-hybridized carbons (Fsp3) is 0.280. The second kappa shape index (κ2) is 6.30. The van der Waals surface area contributed by atoms with Crippen LogP contribution in [0.3, 0.4) is 0 Å². The summed E-state index contributed by atoms with van der Waals surface area (Å²) in [6.07, 6.45) is 3.51. The first kappa shape index (κ1) is 17.2. The predicted octanol–water partition coefficient (Wildman–Crippen LogP) is 5.46. The van der Waals surface area contributed by atoms with Crippen LogP contribution in [0.15, 0.2) is 60.7 Å². The van der Waals surface area contributed by atoms with Crippen molar-refractivity contribution in [3.8, 4) is 5.75 Å². The number of hydrogen-bond acceptors (Lipinski definition) is 3. The van der Waals surface area contributed by atoms with Crippen LogP contribution in [0.2, 0.25) is 0 Å². The van der Waals surface area contributed by atoms with Crippen LogP contribution in [-0.4, -0.2) is 11.8 Å². The summed E-state index contributed by atoms with van der Waals surface area (Å²) in [7, 11) is 0. The molecule has 0 aromatic heterocycles. The number of hydrogen-bond donors (Lipinski definition) is 0. The standard InChI is InChI=1S/C25H22O3/c1-25-14-13-20-19-10-8-18(28-24(27)16-5-3-2-4-6-16)15-17(19)7-9-21(20)22(25)11-12-23(25)26/h2-10,15,22H,11-14H2,1H3/t22-,25-/m0/s1. The highest BCUT2D eigenvalue weighted by Crippen LogP contribution is 2.54. The molecular weight excluding hydrogens is 348 g/mol. The molecule has 0 amide bonds. The fourth-order valence-electron chi connectivity index (χ4n) is 5.07. The molecule has 2 aliphatic rings. The number of ketones is 1. The van der Waals surface area contributed by atoms with Crippen LogP contribution in [0.1, 0.15) is 53.6 Å². The molecule has 1 fully saturated rings. The summed E-state index contributed by atoms with van der Waals surface area (Å²) in [5.74, 6) is 0.964. The summed E-state index contributed by atoms with van der Waals surface area (Å²) in [6, 6.07) is 19.2. The molecule has 0 heterocycles. The molecule has 0 spiro atoms. The lowest BCUT2D eigenvalue weighted by Gasteiger charge is -2.37. The molecule has 0 unspecified atom stereocenters. The van der Waals surface area contributed by atoms with Gasteiger partial charge in [-0.05, 0) is 71.3 Å². The van der Waals surface area contributed by atoms with Gasteiger partial charge in [-0.15, -0.1) is 0 Å². The van der Waals surface area contributed by atoms with Crippen LogP contribution < -0.4 is 4.74 Å². The summed E-state index contributed by atoms with van der Waals surface area (Å²) < 4.78 is 5.57. The van der Waals surface area contributed by atoms with Crippen molar-refractivity contribution >= 4 is 22.5 Å². The van der Waals surface area contributed by atoms with Gasteiger partial charge < -0.3 is 4.74 Å². The Balaban J connectivity index is 1.49. The van der Waals surface area contributed by atoms with Gasteiger partial charge in [0.25, 0.3) is 0 Å². The number of aryl methyl sites for hydroxylation is 1. The predicted molar refractivity (Wildman–Crippen MR) is 109 cm³/mol. The second-order valence-corrected chi connectivity index (χ2v) is 8.20. The van der Waals surface area contributed by atoms with Crippen LogP contribution >= 0.6 is 0 Å². The van der Waals surface area contributed by atoms with Crippen molar-refractivity contribution in [2.45, 2.75) is 38.5 Å². The minimum absolute atomic E-state index is 0.189. The summed E-state index contributed by atoms with van der Waals surface area (Å²) in [5.41, 5.74) is 3.04. The molecule has 3 aromatic carbocycles. The third kappa shape index (κ3) is 2.57. The summed E-state index contributed by atoms with van der Waals surface area (Å²) in [4.78, 5) is 24.7. The summed E-state index contributed by atoms with van der Waals surface area (Å²) in [6.45, 7) is 2.15. The maximum Gasteiger partial charge on any atom is 0.343 e. The van der Waals surface area contributed by atoms with Gasteiger partial charge in [0.1, 0.15) is 11.5 Å². The minimum Gasteiger partial charge on any atom is -0.423 e. The average molecular weight is 370 g/mol. The molecule has 140 valence electrons. The Kier molecular flexibility index (Phi) is 3.87. The van der Waals surface area contributed by atoms with E-state index in [9.17, 15) is 9.59 Å². The molecule has 0 saturated heterocycles.